The summed E-state index contributed by atoms with van der Waals surface area (Å²) in [4.78, 5) is 13.8. The lowest BCUT2D eigenvalue weighted by Gasteiger charge is -2.04. The largest absolute Gasteiger partial charge is 0.543 e. The monoisotopic (exact) mass is 186 g/mol. The lowest BCUT2D eigenvalue weighted by Crippen LogP contribution is -2.23. The van der Waals surface area contributed by atoms with Gasteiger partial charge in [-0.25, -0.2) is 4.98 Å². The summed E-state index contributed by atoms with van der Waals surface area (Å²) in [6.07, 6.45) is 0. The minimum Gasteiger partial charge on any atom is -0.543 e. The van der Waals surface area contributed by atoms with Crippen LogP contribution in [0.4, 0.5) is 0 Å². The van der Waals surface area contributed by atoms with Crippen molar-refractivity contribution in [2.45, 2.75) is 0 Å². The van der Waals surface area contributed by atoms with E-state index in [4.69, 9.17) is 16.3 Å². The van der Waals surface area contributed by atoms with Crippen LogP contribution >= 0.6 is 11.6 Å². The molecule has 0 aromatic carbocycles. The number of rotatable bonds is 2. The Bertz CT molecular complexity index is 314. The Hall–Kier alpha value is -1.29. The molecule has 5 heteroatoms. The first-order valence-electron chi connectivity index (χ1n) is 3.07. The van der Waals surface area contributed by atoms with Crippen molar-refractivity contribution in [3.63, 3.8) is 0 Å². The fraction of sp³-hybridized carbons (Fsp3) is 0.143. The second-order valence-corrected chi connectivity index (χ2v) is 2.34. The number of ether oxygens (including phenoxy) is 1. The first-order valence-corrected chi connectivity index (χ1v) is 3.45. The lowest BCUT2D eigenvalue weighted by molar-refractivity contribution is -0.255. The number of carboxylic acids is 1. The standard InChI is InChI=1S/C7H6ClNO3/c1-12-5-3-2-4(7(10)11)9-6(5)8/h2-3H,1H3,(H,10,11)/p-1. The molecule has 12 heavy (non-hydrogen) atoms. The molecule has 0 bridgehead atoms. The highest BCUT2D eigenvalue weighted by Gasteiger charge is 2.03. The van der Waals surface area contributed by atoms with Crippen LogP contribution in [0.1, 0.15) is 10.5 Å². The van der Waals surface area contributed by atoms with Crippen molar-refractivity contribution < 1.29 is 14.6 Å². The van der Waals surface area contributed by atoms with Crippen LogP contribution < -0.4 is 9.84 Å². The molecule has 0 aliphatic rings. The number of aromatic carboxylic acids is 1. The number of hydrogen-bond donors (Lipinski definition) is 0. The van der Waals surface area contributed by atoms with Gasteiger partial charge in [-0.1, -0.05) is 11.6 Å². The van der Waals surface area contributed by atoms with E-state index in [1.807, 2.05) is 0 Å². The second-order valence-electron chi connectivity index (χ2n) is 1.98. The van der Waals surface area contributed by atoms with E-state index in [1.54, 1.807) is 0 Å². The van der Waals surface area contributed by atoms with Crippen LogP contribution in [0.5, 0.6) is 5.75 Å². The van der Waals surface area contributed by atoms with E-state index < -0.39 is 5.97 Å². The quantitative estimate of drug-likeness (QED) is 0.615. The van der Waals surface area contributed by atoms with Crippen molar-refractivity contribution in [3.05, 3.63) is 23.0 Å². The van der Waals surface area contributed by atoms with Crippen molar-refractivity contribution in [2.24, 2.45) is 0 Å². The highest BCUT2D eigenvalue weighted by molar-refractivity contribution is 6.30. The molecule has 0 spiro atoms. The first kappa shape index (κ1) is 8.80. The van der Waals surface area contributed by atoms with Gasteiger partial charge in [0.1, 0.15) is 0 Å². The van der Waals surface area contributed by atoms with E-state index in [2.05, 4.69) is 4.98 Å². The van der Waals surface area contributed by atoms with Gasteiger partial charge < -0.3 is 14.6 Å². The minimum atomic E-state index is -1.36. The highest BCUT2D eigenvalue weighted by atomic mass is 35.5. The number of hydrogen-bond acceptors (Lipinski definition) is 4. The van der Waals surface area contributed by atoms with Gasteiger partial charge in [-0.15, -0.1) is 0 Å². The number of aromatic nitrogens is 1. The van der Waals surface area contributed by atoms with E-state index in [1.165, 1.54) is 19.2 Å². The van der Waals surface area contributed by atoms with Crippen LogP contribution in [0.25, 0.3) is 0 Å². The first-order chi connectivity index (χ1) is 5.65. The van der Waals surface area contributed by atoms with Crippen LogP contribution in [-0.4, -0.2) is 18.1 Å². The molecule has 1 rings (SSSR count). The Labute approximate surface area is 73.8 Å². The number of nitrogens with zero attached hydrogens (tertiary/aromatic N) is 1. The second kappa shape index (κ2) is 3.40. The molecule has 0 fully saturated rings. The van der Waals surface area contributed by atoms with Gasteiger partial charge in [0, 0.05) is 0 Å². The lowest BCUT2D eigenvalue weighted by atomic mass is 10.3. The zero-order valence-electron chi connectivity index (χ0n) is 6.20. The van der Waals surface area contributed by atoms with Gasteiger partial charge in [0.15, 0.2) is 10.9 Å². The van der Waals surface area contributed by atoms with Crippen LogP contribution in [0, 0.1) is 0 Å². The summed E-state index contributed by atoms with van der Waals surface area (Å²) in [7, 11) is 1.42. The van der Waals surface area contributed by atoms with Gasteiger partial charge in [0.2, 0.25) is 0 Å². The number of pyridine rings is 1. The van der Waals surface area contributed by atoms with Gasteiger partial charge in [0.25, 0.3) is 0 Å². The predicted octanol–water partition coefficient (Wildman–Crippen LogP) is 0.107. The summed E-state index contributed by atoms with van der Waals surface area (Å²) in [5, 5.41) is 10.3. The maximum atomic E-state index is 10.3. The van der Waals surface area contributed by atoms with Crippen molar-refractivity contribution in [1.29, 1.82) is 0 Å². The molecule has 64 valence electrons. The normalized spacial score (nSPS) is 9.50. The Morgan fingerprint density at radius 2 is 2.33 bits per heavy atom. The zero-order valence-corrected chi connectivity index (χ0v) is 6.96. The molecule has 0 radical (unpaired) electrons. The fourth-order valence-electron chi connectivity index (χ4n) is 0.687. The highest BCUT2D eigenvalue weighted by Crippen LogP contribution is 2.20. The van der Waals surface area contributed by atoms with Crippen LogP contribution in [0.15, 0.2) is 12.1 Å². The summed E-state index contributed by atoms with van der Waals surface area (Å²) in [6, 6.07) is 2.68. The number of carbonyl (C=O) groups excluding carboxylic acids is 1. The van der Waals surface area contributed by atoms with Crippen LogP contribution in [0.2, 0.25) is 5.15 Å². The van der Waals surface area contributed by atoms with Crippen molar-refractivity contribution in [1.82, 2.24) is 4.98 Å². The summed E-state index contributed by atoms with van der Waals surface area (Å²) >= 11 is 5.55. The van der Waals surface area contributed by atoms with E-state index in [-0.39, 0.29) is 10.8 Å². The van der Waals surface area contributed by atoms with E-state index in [0.717, 1.165) is 0 Å². The number of carbonyl (C=O) groups is 1. The van der Waals surface area contributed by atoms with Crippen molar-refractivity contribution >= 4 is 17.6 Å². The summed E-state index contributed by atoms with van der Waals surface area (Å²) in [6.45, 7) is 0. The maximum absolute atomic E-state index is 10.3. The molecule has 0 aliphatic heterocycles. The average molecular weight is 187 g/mol. The van der Waals surface area contributed by atoms with Crippen molar-refractivity contribution in [2.75, 3.05) is 7.11 Å². The Morgan fingerprint density at radius 1 is 1.67 bits per heavy atom. The fourth-order valence-corrected chi connectivity index (χ4v) is 0.919. The molecule has 0 aliphatic carbocycles. The van der Waals surface area contributed by atoms with Gasteiger partial charge in [-0.05, 0) is 12.1 Å². The maximum Gasteiger partial charge on any atom is 0.171 e. The molecule has 1 heterocycles. The molecule has 1 aromatic rings. The van der Waals surface area contributed by atoms with Gasteiger partial charge in [-0.2, -0.15) is 0 Å². The van der Waals surface area contributed by atoms with E-state index in [9.17, 15) is 9.90 Å². The van der Waals surface area contributed by atoms with E-state index >= 15 is 0 Å². The molecule has 0 amide bonds. The Balaban J connectivity index is 3.10. The summed E-state index contributed by atoms with van der Waals surface area (Å²) in [5.41, 5.74) is -0.208. The topological polar surface area (TPSA) is 62.2 Å². The van der Waals surface area contributed by atoms with Gasteiger partial charge in [-0.3, -0.25) is 0 Å². The molecule has 0 N–H and O–H groups in total. The number of carboxylic acid groups (broad SMARTS) is 1. The SMILES string of the molecule is COc1ccc(C(=O)[O-])nc1Cl. The van der Waals surface area contributed by atoms with Crippen LogP contribution in [-0.2, 0) is 0 Å². The molecular formula is C7H5ClNO3-. The molecule has 1 aromatic heterocycles. The predicted molar refractivity (Wildman–Crippen MR) is 40.1 cm³/mol. The third kappa shape index (κ3) is 1.65. The molecule has 0 unspecified atom stereocenters. The Kier molecular flexibility index (Phi) is 2.50. The Morgan fingerprint density at radius 3 is 2.75 bits per heavy atom. The third-order valence-corrected chi connectivity index (χ3v) is 1.51. The smallest absolute Gasteiger partial charge is 0.171 e. The molecule has 0 saturated heterocycles. The molecular weight excluding hydrogens is 182 g/mol. The zero-order chi connectivity index (χ0) is 9.14. The number of methoxy groups -OCH3 is 1. The average Bonchev–Trinajstić information content (AvgIpc) is 2.04. The summed E-state index contributed by atoms with van der Waals surface area (Å²) < 4.78 is 4.77. The van der Waals surface area contributed by atoms with Gasteiger partial charge in [0.05, 0.1) is 18.8 Å². The third-order valence-electron chi connectivity index (χ3n) is 1.24. The van der Waals surface area contributed by atoms with Crippen LogP contribution in [0.3, 0.4) is 0 Å². The van der Waals surface area contributed by atoms with E-state index in [0.29, 0.717) is 5.75 Å². The minimum absolute atomic E-state index is 0.0131. The van der Waals surface area contributed by atoms with Gasteiger partial charge >= 0.3 is 0 Å². The summed E-state index contributed by atoms with van der Waals surface area (Å²) in [5.74, 6) is -1.03. The molecule has 0 saturated carbocycles. The van der Waals surface area contributed by atoms with Crippen molar-refractivity contribution in [3.8, 4) is 5.75 Å². The molecule has 0 atom stereocenters. The number of halogens is 1. The molecule has 4 nitrogen and oxygen atoms in total.